The standard InChI is InChI=1S/C8H17N3O/c12-6-7-5-11-2-1-9-3-8(11)4-10-7/h7-10,12H,1-6H2/t7?,8-/m1/s1. The lowest BCUT2D eigenvalue weighted by Crippen LogP contribution is -2.64. The van der Waals surface area contributed by atoms with Crippen molar-refractivity contribution in [3.8, 4) is 0 Å². The molecule has 2 rings (SSSR count). The molecule has 0 aromatic rings. The highest BCUT2D eigenvalue weighted by molar-refractivity contribution is 4.89. The van der Waals surface area contributed by atoms with Crippen molar-refractivity contribution in [2.75, 3.05) is 39.3 Å². The maximum Gasteiger partial charge on any atom is 0.0597 e. The molecule has 4 nitrogen and oxygen atoms in total. The van der Waals surface area contributed by atoms with Gasteiger partial charge in [-0.2, -0.15) is 0 Å². The predicted molar refractivity (Wildman–Crippen MR) is 47.1 cm³/mol. The molecule has 70 valence electrons. The van der Waals surface area contributed by atoms with Gasteiger partial charge in [-0.3, -0.25) is 4.90 Å². The van der Waals surface area contributed by atoms with E-state index < -0.39 is 0 Å². The van der Waals surface area contributed by atoms with Crippen molar-refractivity contribution in [3.63, 3.8) is 0 Å². The largest absolute Gasteiger partial charge is 0.395 e. The molecule has 1 unspecified atom stereocenters. The van der Waals surface area contributed by atoms with E-state index in [1.165, 1.54) is 0 Å². The Bertz CT molecular complexity index is 153. The first kappa shape index (κ1) is 8.44. The smallest absolute Gasteiger partial charge is 0.0597 e. The Balaban J connectivity index is 1.90. The summed E-state index contributed by atoms with van der Waals surface area (Å²) in [6, 6.07) is 0.931. The zero-order chi connectivity index (χ0) is 8.39. The number of rotatable bonds is 1. The maximum absolute atomic E-state index is 8.98. The third-order valence-electron chi connectivity index (χ3n) is 2.79. The van der Waals surface area contributed by atoms with E-state index >= 15 is 0 Å². The Kier molecular flexibility index (Phi) is 2.60. The monoisotopic (exact) mass is 171 g/mol. The lowest BCUT2D eigenvalue weighted by molar-refractivity contribution is 0.0832. The Morgan fingerprint density at radius 1 is 1.42 bits per heavy atom. The molecule has 0 spiro atoms. The van der Waals surface area contributed by atoms with Crippen molar-refractivity contribution in [3.05, 3.63) is 0 Å². The van der Waals surface area contributed by atoms with Crippen LogP contribution in [-0.2, 0) is 0 Å². The first-order valence-corrected chi connectivity index (χ1v) is 4.69. The summed E-state index contributed by atoms with van der Waals surface area (Å²) in [7, 11) is 0. The molecular formula is C8H17N3O. The van der Waals surface area contributed by atoms with Crippen LogP contribution in [0.15, 0.2) is 0 Å². The van der Waals surface area contributed by atoms with Crippen LogP contribution in [0.1, 0.15) is 0 Å². The summed E-state index contributed by atoms with van der Waals surface area (Å²) in [4.78, 5) is 2.47. The summed E-state index contributed by atoms with van der Waals surface area (Å²) in [5, 5.41) is 15.7. The number of nitrogens with zero attached hydrogens (tertiary/aromatic N) is 1. The molecule has 0 bridgehead atoms. The Hall–Kier alpha value is -0.160. The summed E-state index contributed by atoms with van der Waals surface area (Å²) in [5.74, 6) is 0. The van der Waals surface area contributed by atoms with E-state index in [0.717, 1.165) is 32.7 Å². The van der Waals surface area contributed by atoms with Gasteiger partial charge in [0.2, 0.25) is 0 Å². The lowest BCUT2D eigenvalue weighted by atomic mass is 10.1. The molecule has 0 aliphatic carbocycles. The zero-order valence-corrected chi connectivity index (χ0v) is 7.29. The molecule has 4 heteroatoms. The van der Waals surface area contributed by atoms with Crippen LogP contribution in [0.4, 0.5) is 0 Å². The van der Waals surface area contributed by atoms with Crippen LogP contribution in [0, 0.1) is 0 Å². The second kappa shape index (κ2) is 3.70. The maximum atomic E-state index is 8.98. The van der Waals surface area contributed by atoms with Crippen molar-refractivity contribution < 1.29 is 5.11 Å². The van der Waals surface area contributed by atoms with Gasteiger partial charge in [-0.15, -0.1) is 0 Å². The highest BCUT2D eigenvalue weighted by Crippen LogP contribution is 2.08. The first-order valence-electron chi connectivity index (χ1n) is 4.69. The van der Waals surface area contributed by atoms with Gasteiger partial charge in [0, 0.05) is 44.8 Å². The van der Waals surface area contributed by atoms with Crippen LogP contribution < -0.4 is 10.6 Å². The average molecular weight is 171 g/mol. The van der Waals surface area contributed by atoms with E-state index in [-0.39, 0.29) is 6.61 Å². The fourth-order valence-electron chi connectivity index (χ4n) is 2.02. The predicted octanol–water partition coefficient (Wildman–Crippen LogP) is -1.78. The second-order valence-corrected chi connectivity index (χ2v) is 3.64. The number of piperazine rings is 2. The number of aliphatic hydroxyl groups is 1. The fraction of sp³-hybridized carbons (Fsp3) is 1.00. The van der Waals surface area contributed by atoms with E-state index in [0.29, 0.717) is 12.1 Å². The minimum absolute atomic E-state index is 0.261. The van der Waals surface area contributed by atoms with Gasteiger partial charge >= 0.3 is 0 Å². The normalized spacial score (nSPS) is 37.8. The number of hydrogen-bond acceptors (Lipinski definition) is 4. The van der Waals surface area contributed by atoms with Gasteiger partial charge in [0.1, 0.15) is 0 Å². The van der Waals surface area contributed by atoms with Crippen LogP contribution in [0.5, 0.6) is 0 Å². The topological polar surface area (TPSA) is 47.5 Å². The van der Waals surface area contributed by atoms with Crippen LogP contribution in [0.25, 0.3) is 0 Å². The minimum atomic E-state index is 0.261. The number of nitrogens with one attached hydrogen (secondary N) is 2. The Morgan fingerprint density at radius 2 is 2.33 bits per heavy atom. The fourth-order valence-corrected chi connectivity index (χ4v) is 2.02. The van der Waals surface area contributed by atoms with E-state index in [1.54, 1.807) is 0 Å². The summed E-state index contributed by atoms with van der Waals surface area (Å²) in [6.45, 7) is 5.58. The average Bonchev–Trinajstić information content (AvgIpc) is 2.17. The molecule has 0 amide bonds. The number of aliphatic hydroxyl groups excluding tert-OH is 1. The van der Waals surface area contributed by atoms with E-state index in [4.69, 9.17) is 5.11 Å². The van der Waals surface area contributed by atoms with Gasteiger partial charge in [-0.1, -0.05) is 0 Å². The molecule has 2 aliphatic rings. The molecule has 0 radical (unpaired) electrons. The molecule has 0 aromatic carbocycles. The molecule has 0 saturated carbocycles. The van der Waals surface area contributed by atoms with Crippen molar-refractivity contribution in [1.29, 1.82) is 0 Å². The van der Waals surface area contributed by atoms with Crippen LogP contribution in [-0.4, -0.2) is 61.4 Å². The van der Waals surface area contributed by atoms with E-state index in [9.17, 15) is 0 Å². The number of hydrogen-bond donors (Lipinski definition) is 3. The minimum Gasteiger partial charge on any atom is -0.395 e. The van der Waals surface area contributed by atoms with Gasteiger partial charge in [0.05, 0.1) is 6.61 Å². The molecule has 2 aliphatic heterocycles. The molecule has 3 N–H and O–H groups in total. The zero-order valence-electron chi connectivity index (χ0n) is 7.29. The van der Waals surface area contributed by atoms with Crippen LogP contribution >= 0.6 is 0 Å². The molecule has 12 heavy (non-hydrogen) atoms. The molecule has 2 saturated heterocycles. The molecular weight excluding hydrogens is 154 g/mol. The highest BCUT2D eigenvalue weighted by atomic mass is 16.3. The van der Waals surface area contributed by atoms with Crippen molar-refractivity contribution in [2.45, 2.75) is 12.1 Å². The first-order chi connectivity index (χ1) is 5.90. The van der Waals surface area contributed by atoms with Crippen molar-refractivity contribution in [1.82, 2.24) is 15.5 Å². The quantitative estimate of drug-likeness (QED) is 0.437. The second-order valence-electron chi connectivity index (χ2n) is 3.64. The third-order valence-corrected chi connectivity index (χ3v) is 2.79. The number of fused-ring (bicyclic) bond motifs is 1. The summed E-state index contributed by atoms with van der Waals surface area (Å²) < 4.78 is 0. The SMILES string of the molecule is OCC1CN2CCNC[C@@H]2CN1. The highest BCUT2D eigenvalue weighted by Gasteiger charge is 2.28. The molecule has 2 fully saturated rings. The molecule has 0 aromatic heterocycles. The third kappa shape index (κ3) is 1.61. The summed E-state index contributed by atoms with van der Waals surface area (Å²) >= 11 is 0. The van der Waals surface area contributed by atoms with Crippen molar-refractivity contribution >= 4 is 0 Å². The molecule has 2 heterocycles. The van der Waals surface area contributed by atoms with Crippen LogP contribution in [0.2, 0.25) is 0 Å². The van der Waals surface area contributed by atoms with Gasteiger partial charge in [0.25, 0.3) is 0 Å². The van der Waals surface area contributed by atoms with Gasteiger partial charge in [-0.05, 0) is 0 Å². The van der Waals surface area contributed by atoms with Crippen molar-refractivity contribution in [2.24, 2.45) is 0 Å². The van der Waals surface area contributed by atoms with E-state index in [2.05, 4.69) is 15.5 Å². The van der Waals surface area contributed by atoms with Gasteiger partial charge in [0.15, 0.2) is 0 Å². The van der Waals surface area contributed by atoms with E-state index in [1.807, 2.05) is 0 Å². The lowest BCUT2D eigenvalue weighted by Gasteiger charge is -2.42. The van der Waals surface area contributed by atoms with Gasteiger partial charge < -0.3 is 15.7 Å². The Morgan fingerprint density at radius 3 is 3.17 bits per heavy atom. The van der Waals surface area contributed by atoms with Crippen LogP contribution in [0.3, 0.4) is 0 Å². The Labute approximate surface area is 72.9 Å². The summed E-state index contributed by atoms with van der Waals surface area (Å²) in [6.07, 6.45) is 0. The van der Waals surface area contributed by atoms with Gasteiger partial charge in [-0.25, -0.2) is 0 Å². The summed E-state index contributed by atoms with van der Waals surface area (Å²) in [5.41, 5.74) is 0. The molecule has 2 atom stereocenters.